The Morgan fingerprint density at radius 1 is 1.36 bits per heavy atom. The SMILES string of the molecule is Cc1cc(=O)oc2cc(OC(C)C(=O)NCC3OCCO3)c(Cl)cc12. The average molecular weight is 368 g/mol. The van der Waals surface area contributed by atoms with Crippen LogP contribution in [0.4, 0.5) is 0 Å². The summed E-state index contributed by atoms with van der Waals surface area (Å²) in [5.74, 6) is -0.0695. The van der Waals surface area contributed by atoms with Crippen LogP contribution in [0.25, 0.3) is 11.0 Å². The van der Waals surface area contributed by atoms with Gasteiger partial charge in [-0.05, 0) is 25.5 Å². The molecule has 0 saturated carbocycles. The molecule has 25 heavy (non-hydrogen) atoms. The van der Waals surface area contributed by atoms with Gasteiger partial charge in [0.15, 0.2) is 12.4 Å². The Morgan fingerprint density at radius 3 is 2.80 bits per heavy atom. The van der Waals surface area contributed by atoms with Crippen LogP contribution in [0, 0.1) is 6.92 Å². The molecular weight excluding hydrogens is 350 g/mol. The van der Waals surface area contributed by atoms with Crippen molar-refractivity contribution in [3.8, 4) is 5.75 Å². The Morgan fingerprint density at radius 2 is 2.08 bits per heavy atom. The molecule has 1 amide bonds. The molecule has 134 valence electrons. The molecule has 0 spiro atoms. The third-order valence-corrected chi connectivity index (χ3v) is 4.11. The molecule has 1 saturated heterocycles. The standard InChI is InChI=1S/C17H18ClNO6/c1-9-5-15(20)25-13-7-14(12(18)6-11(9)13)24-10(2)17(21)19-8-16-22-3-4-23-16/h5-7,10,16H,3-4,8H2,1-2H3,(H,19,21). The fourth-order valence-corrected chi connectivity index (χ4v) is 2.71. The van der Waals surface area contributed by atoms with Gasteiger partial charge >= 0.3 is 5.63 Å². The van der Waals surface area contributed by atoms with Gasteiger partial charge < -0.3 is 23.9 Å². The number of fused-ring (bicyclic) bond motifs is 1. The Balaban J connectivity index is 1.71. The Labute approximate surface area is 148 Å². The van der Waals surface area contributed by atoms with Crippen molar-refractivity contribution in [3.05, 3.63) is 39.2 Å². The number of aryl methyl sites for hydroxylation is 1. The number of halogens is 1. The molecular formula is C17H18ClNO6. The van der Waals surface area contributed by atoms with Crippen molar-refractivity contribution in [2.45, 2.75) is 26.2 Å². The topological polar surface area (TPSA) is 87.0 Å². The van der Waals surface area contributed by atoms with Gasteiger partial charge in [-0.3, -0.25) is 4.79 Å². The van der Waals surface area contributed by atoms with Crippen molar-refractivity contribution in [2.24, 2.45) is 0 Å². The zero-order chi connectivity index (χ0) is 18.0. The van der Waals surface area contributed by atoms with E-state index in [2.05, 4.69) is 5.32 Å². The van der Waals surface area contributed by atoms with E-state index >= 15 is 0 Å². The second-order valence-corrected chi connectivity index (χ2v) is 6.11. The van der Waals surface area contributed by atoms with Gasteiger partial charge in [-0.1, -0.05) is 11.6 Å². The van der Waals surface area contributed by atoms with E-state index in [4.69, 9.17) is 30.2 Å². The van der Waals surface area contributed by atoms with Crippen LogP contribution in [0.1, 0.15) is 12.5 Å². The number of amides is 1. The summed E-state index contributed by atoms with van der Waals surface area (Å²) < 4.78 is 21.3. The molecule has 3 rings (SSSR count). The summed E-state index contributed by atoms with van der Waals surface area (Å²) in [4.78, 5) is 23.6. The number of carbonyl (C=O) groups is 1. The van der Waals surface area contributed by atoms with Crippen molar-refractivity contribution in [2.75, 3.05) is 19.8 Å². The van der Waals surface area contributed by atoms with Crippen LogP contribution in [-0.2, 0) is 14.3 Å². The van der Waals surface area contributed by atoms with E-state index in [0.29, 0.717) is 29.2 Å². The number of rotatable bonds is 5. The largest absolute Gasteiger partial charge is 0.479 e. The first-order valence-corrected chi connectivity index (χ1v) is 8.23. The minimum Gasteiger partial charge on any atom is -0.479 e. The van der Waals surface area contributed by atoms with E-state index < -0.39 is 18.0 Å². The molecule has 2 aromatic rings. The van der Waals surface area contributed by atoms with Crippen LogP contribution in [0.3, 0.4) is 0 Å². The van der Waals surface area contributed by atoms with E-state index in [9.17, 15) is 9.59 Å². The van der Waals surface area contributed by atoms with Gasteiger partial charge in [-0.2, -0.15) is 0 Å². The number of ether oxygens (including phenoxy) is 3. The molecule has 1 unspecified atom stereocenters. The summed E-state index contributed by atoms with van der Waals surface area (Å²) in [7, 11) is 0. The fourth-order valence-electron chi connectivity index (χ4n) is 2.51. The summed E-state index contributed by atoms with van der Waals surface area (Å²) in [6.45, 7) is 4.66. The van der Waals surface area contributed by atoms with Crippen molar-refractivity contribution >= 4 is 28.5 Å². The summed E-state index contributed by atoms with van der Waals surface area (Å²) in [6, 6.07) is 4.55. The van der Waals surface area contributed by atoms with E-state index in [0.717, 1.165) is 5.56 Å². The maximum absolute atomic E-state index is 12.1. The third kappa shape index (κ3) is 4.12. The highest BCUT2D eigenvalue weighted by Crippen LogP contribution is 2.31. The second kappa shape index (κ2) is 7.43. The second-order valence-electron chi connectivity index (χ2n) is 5.70. The quantitative estimate of drug-likeness (QED) is 0.813. The van der Waals surface area contributed by atoms with Crippen molar-refractivity contribution in [1.29, 1.82) is 0 Å². The number of nitrogens with one attached hydrogen (secondary N) is 1. The minimum atomic E-state index is -0.798. The molecule has 8 heteroatoms. The maximum atomic E-state index is 12.1. The average Bonchev–Trinajstić information content (AvgIpc) is 3.07. The molecule has 0 aliphatic carbocycles. The zero-order valence-electron chi connectivity index (χ0n) is 13.8. The van der Waals surface area contributed by atoms with Crippen molar-refractivity contribution in [1.82, 2.24) is 5.32 Å². The summed E-state index contributed by atoms with van der Waals surface area (Å²) in [5, 5.41) is 3.73. The molecule has 1 aromatic heterocycles. The highest BCUT2D eigenvalue weighted by Gasteiger charge is 2.21. The van der Waals surface area contributed by atoms with Gasteiger partial charge in [-0.15, -0.1) is 0 Å². The first kappa shape index (κ1) is 17.7. The molecule has 0 bridgehead atoms. The molecule has 1 atom stereocenters. The van der Waals surface area contributed by atoms with E-state index in [1.165, 1.54) is 12.1 Å². The van der Waals surface area contributed by atoms with Gasteiger partial charge in [0.25, 0.3) is 5.91 Å². The van der Waals surface area contributed by atoms with Gasteiger partial charge in [-0.25, -0.2) is 4.79 Å². The molecule has 7 nitrogen and oxygen atoms in total. The van der Waals surface area contributed by atoms with Crippen LogP contribution >= 0.6 is 11.6 Å². The predicted octanol–water partition coefficient (Wildman–Crippen LogP) is 2.01. The minimum absolute atomic E-state index is 0.242. The lowest BCUT2D eigenvalue weighted by Gasteiger charge is -2.17. The number of hydrogen-bond donors (Lipinski definition) is 1. The van der Waals surface area contributed by atoms with Crippen molar-refractivity contribution in [3.63, 3.8) is 0 Å². The summed E-state index contributed by atoms with van der Waals surface area (Å²) >= 11 is 6.23. The lowest BCUT2D eigenvalue weighted by atomic mass is 10.1. The summed E-state index contributed by atoms with van der Waals surface area (Å²) in [5.41, 5.74) is 0.646. The molecule has 1 fully saturated rings. The normalized spacial score (nSPS) is 16.1. The smallest absolute Gasteiger partial charge is 0.336 e. The Hall–Kier alpha value is -2.09. The molecule has 1 N–H and O–H groups in total. The number of carbonyl (C=O) groups excluding carboxylic acids is 1. The Kier molecular flexibility index (Phi) is 5.27. The first-order chi connectivity index (χ1) is 11.9. The van der Waals surface area contributed by atoms with E-state index in [1.54, 1.807) is 19.9 Å². The molecule has 1 aliphatic rings. The van der Waals surface area contributed by atoms with Crippen LogP contribution in [0.5, 0.6) is 5.75 Å². The fraction of sp³-hybridized carbons (Fsp3) is 0.412. The summed E-state index contributed by atoms with van der Waals surface area (Å²) in [6.07, 6.45) is -1.23. The lowest BCUT2D eigenvalue weighted by molar-refractivity contribution is -0.129. The molecule has 1 aromatic carbocycles. The van der Waals surface area contributed by atoms with Crippen LogP contribution in [0.15, 0.2) is 27.4 Å². The molecule has 0 radical (unpaired) electrons. The molecule has 1 aliphatic heterocycles. The predicted molar refractivity (Wildman–Crippen MR) is 91.0 cm³/mol. The zero-order valence-corrected chi connectivity index (χ0v) is 14.6. The monoisotopic (exact) mass is 367 g/mol. The Bertz CT molecular complexity index is 843. The first-order valence-electron chi connectivity index (χ1n) is 7.85. The molecule has 2 heterocycles. The van der Waals surface area contributed by atoms with Crippen LogP contribution in [-0.4, -0.2) is 38.1 Å². The van der Waals surface area contributed by atoms with Crippen LogP contribution < -0.4 is 15.7 Å². The van der Waals surface area contributed by atoms with Gasteiger partial charge in [0.05, 0.1) is 24.8 Å². The van der Waals surface area contributed by atoms with E-state index in [-0.39, 0.29) is 18.2 Å². The highest BCUT2D eigenvalue weighted by atomic mass is 35.5. The van der Waals surface area contributed by atoms with Gasteiger partial charge in [0, 0.05) is 17.5 Å². The van der Waals surface area contributed by atoms with Crippen molar-refractivity contribution < 1.29 is 23.4 Å². The lowest BCUT2D eigenvalue weighted by Crippen LogP contribution is -2.40. The van der Waals surface area contributed by atoms with Gasteiger partial charge in [0.1, 0.15) is 11.3 Å². The van der Waals surface area contributed by atoms with E-state index in [1.807, 2.05) is 0 Å². The number of benzene rings is 1. The highest BCUT2D eigenvalue weighted by molar-refractivity contribution is 6.32. The maximum Gasteiger partial charge on any atom is 0.336 e. The number of hydrogen-bond acceptors (Lipinski definition) is 6. The van der Waals surface area contributed by atoms with Crippen LogP contribution in [0.2, 0.25) is 5.02 Å². The third-order valence-electron chi connectivity index (χ3n) is 3.81. The van der Waals surface area contributed by atoms with Gasteiger partial charge in [0.2, 0.25) is 0 Å².